The van der Waals surface area contributed by atoms with Crippen molar-refractivity contribution in [2.45, 2.75) is 90.0 Å². The van der Waals surface area contributed by atoms with Gasteiger partial charge in [-0.2, -0.15) is 0 Å². The molecule has 31 heavy (non-hydrogen) atoms. The van der Waals surface area contributed by atoms with Crippen LogP contribution in [0.3, 0.4) is 0 Å². The maximum atomic E-state index is 12.6. The fourth-order valence-electron chi connectivity index (χ4n) is 7.69. The molecule has 1 atom stereocenters. The first kappa shape index (κ1) is 21.7. The van der Waals surface area contributed by atoms with Crippen LogP contribution in [0.2, 0.25) is 0 Å². The summed E-state index contributed by atoms with van der Waals surface area (Å²) in [6.45, 7) is 2.29. The number of anilines is 1. The first-order valence-corrected chi connectivity index (χ1v) is 13.5. The van der Waals surface area contributed by atoms with Crippen LogP contribution < -0.4 is 10.6 Å². The Bertz CT molecular complexity index is 827. The van der Waals surface area contributed by atoms with E-state index in [4.69, 9.17) is 17.0 Å². The van der Waals surface area contributed by atoms with Gasteiger partial charge in [-0.05, 0) is 112 Å². The van der Waals surface area contributed by atoms with Crippen molar-refractivity contribution in [3.05, 3.63) is 16.0 Å². The zero-order chi connectivity index (χ0) is 21.6. The third kappa shape index (κ3) is 4.03. The molecule has 0 aromatic carbocycles. The van der Waals surface area contributed by atoms with Gasteiger partial charge in [0.05, 0.1) is 12.7 Å². The molecular weight excluding hydrogens is 424 g/mol. The zero-order valence-electron chi connectivity index (χ0n) is 18.9. The minimum Gasteiger partial charge on any atom is -0.465 e. The van der Waals surface area contributed by atoms with Crippen molar-refractivity contribution in [1.82, 2.24) is 5.32 Å². The molecular formula is C25H36N2O2S2. The molecule has 4 bridgehead atoms. The second kappa shape index (κ2) is 8.66. The van der Waals surface area contributed by atoms with E-state index in [0.29, 0.717) is 22.1 Å². The van der Waals surface area contributed by atoms with E-state index in [-0.39, 0.29) is 5.97 Å². The number of rotatable bonds is 6. The van der Waals surface area contributed by atoms with Crippen LogP contribution >= 0.6 is 23.6 Å². The fraction of sp³-hybridized carbons (Fsp3) is 0.760. The van der Waals surface area contributed by atoms with Crippen molar-refractivity contribution in [3.8, 4) is 0 Å². The number of esters is 1. The van der Waals surface area contributed by atoms with Crippen LogP contribution in [0.5, 0.6) is 0 Å². The smallest absolute Gasteiger partial charge is 0.341 e. The average molecular weight is 461 g/mol. The predicted octanol–water partition coefficient (Wildman–Crippen LogP) is 6.09. The minimum absolute atomic E-state index is 0.240. The molecule has 170 valence electrons. The van der Waals surface area contributed by atoms with Crippen molar-refractivity contribution in [2.24, 2.45) is 23.2 Å². The number of aryl methyl sites for hydroxylation is 1. The predicted molar refractivity (Wildman–Crippen MR) is 131 cm³/mol. The quantitative estimate of drug-likeness (QED) is 0.398. The van der Waals surface area contributed by atoms with E-state index >= 15 is 0 Å². The van der Waals surface area contributed by atoms with Gasteiger partial charge in [-0.1, -0.05) is 13.3 Å². The van der Waals surface area contributed by atoms with E-state index in [0.717, 1.165) is 42.0 Å². The van der Waals surface area contributed by atoms with E-state index in [2.05, 4.69) is 17.6 Å². The SMILES string of the molecule is CCCC(NC(=S)Nc1sc2c(c1C(=O)OC)CCCC2)C12CC3CC(CC(C3)C1)C2. The lowest BCUT2D eigenvalue weighted by atomic mass is 9.47. The van der Waals surface area contributed by atoms with E-state index < -0.39 is 0 Å². The van der Waals surface area contributed by atoms with Crippen LogP contribution in [0, 0.1) is 23.2 Å². The summed E-state index contributed by atoms with van der Waals surface area (Å²) >= 11 is 7.53. The Kier molecular flexibility index (Phi) is 6.06. The van der Waals surface area contributed by atoms with Gasteiger partial charge < -0.3 is 15.4 Å². The standard InChI is InChI=1S/C25H36N2O2S2/c1-3-6-20(25-12-15-9-16(13-25)11-17(10-15)14-25)26-24(30)27-22-21(23(28)29-2)18-7-4-5-8-19(18)31-22/h15-17,20H,3-14H2,1-2H3,(H2,26,27,30). The number of nitrogens with one attached hydrogen (secondary N) is 2. The van der Waals surface area contributed by atoms with Gasteiger partial charge in [0.2, 0.25) is 0 Å². The zero-order valence-corrected chi connectivity index (χ0v) is 20.6. The van der Waals surface area contributed by atoms with Crippen molar-refractivity contribution in [2.75, 3.05) is 12.4 Å². The molecule has 0 saturated heterocycles. The van der Waals surface area contributed by atoms with Crippen LogP contribution in [0.4, 0.5) is 5.00 Å². The van der Waals surface area contributed by atoms with E-state index in [1.165, 1.54) is 75.3 Å². The summed E-state index contributed by atoms with van der Waals surface area (Å²) in [7, 11) is 1.47. The second-order valence-corrected chi connectivity index (χ2v) is 12.1. The molecule has 2 N–H and O–H groups in total. The number of ether oxygens (including phenoxy) is 1. The highest BCUT2D eigenvalue weighted by Gasteiger charge is 2.54. The molecule has 0 amide bonds. The van der Waals surface area contributed by atoms with Crippen molar-refractivity contribution in [3.63, 3.8) is 0 Å². The van der Waals surface area contributed by atoms with Gasteiger partial charge in [0.25, 0.3) is 0 Å². The maximum Gasteiger partial charge on any atom is 0.341 e. The van der Waals surface area contributed by atoms with Gasteiger partial charge in [0, 0.05) is 10.9 Å². The number of thiocarbonyl (C=S) groups is 1. The Labute approximate surface area is 195 Å². The second-order valence-electron chi connectivity index (χ2n) is 10.6. The Morgan fingerprint density at radius 2 is 1.81 bits per heavy atom. The Morgan fingerprint density at radius 3 is 2.42 bits per heavy atom. The molecule has 4 saturated carbocycles. The van der Waals surface area contributed by atoms with Gasteiger partial charge in [0.1, 0.15) is 5.00 Å². The Balaban J connectivity index is 1.35. The third-order valence-corrected chi connectivity index (χ3v) is 9.92. The topological polar surface area (TPSA) is 50.4 Å². The van der Waals surface area contributed by atoms with Crippen LogP contribution in [-0.4, -0.2) is 24.2 Å². The number of hydrogen-bond donors (Lipinski definition) is 2. The molecule has 0 aliphatic heterocycles. The molecule has 6 heteroatoms. The minimum atomic E-state index is -0.240. The Morgan fingerprint density at radius 1 is 1.16 bits per heavy atom. The molecule has 5 aliphatic rings. The Hall–Kier alpha value is -1.14. The number of carbonyl (C=O) groups is 1. The summed E-state index contributed by atoms with van der Waals surface area (Å²) in [5.41, 5.74) is 2.31. The van der Waals surface area contributed by atoms with Crippen LogP contribution in [0.1, 0.15) is 91.9 Å². The molecule has 1 heterocycles. The van der Waals surface area contributed by atoms with E-state index in [9.17, 15) is 4.79 Å². The lowest BCUT2D eigenvalue weighted by molar-refractivity contribution is -0.0718. The number of hydrogen-bond acceptors (Lipinski definition) is 4. The third-order valence-electron chi connectivity index (χ3n) is 8.50. The van der Waals surface area contributed by atoms with Crippen LogP contribution in [0.25, 0.3) is 0 Å². The molecule has 4 fully saturated rings. The van der Waals surface area contributed by atoms with Gasteiger partial charge in [0.15, 0.2) is 5.11 Å². The molecule has 0 spiro atoms. The summed E-state index contributed by atoms with van der Waals surface area (Å²) in [6, 6.07) is 0.432. The lowest BCUT2D eigenvalue weighted by Gasteiger charge is -2.59. The molecule has 6 rings (SSSR count). The molecule has 1 unspecified atom stereocenters. The van der Waals surface area contributed by atoms with Crippen molar-refractivity contribution >= 4 is 39.6 Å². The lowest BCUT2D eigenvalue weighted by Crippen LogP contribution is -2.57. The molecule has 1 aromatic heterocycles. The molecule has 1 aromatic rings. The van der Waals surface area contributed by atoms with Gasteiger partial charge in [-0.3, -0.25) is 0 Å². The largest absolute Gasteiger partial charge is 0.465 e. The summed E-state index contributed by atoms with van der Waals surface area (Å²) in [5.74, 6) is 2.56. The van der Waals surface area contributed by atoms with Gasteiger partial charge >= 0.3 is 5.97 Å². The number of carbonyl (C=O) groups excluding carboxylic acids is 1. The summed E-state index contributed by atoms with van der Waals surface area (Å²) in [4.78, 5) is 13.9. The average Bonchev–Trinajstić information content (AvgIpc) is 3.09. The van der Waals surface area contributed by atoms with Crippen LogP contribution in [-0.2, 0) is 17.6 Å². The highest BCUT2D eigenvalue weighted by atomic mass is 32.1. The van der Waals surface area contributed by atoms with Crippen molar-refractivity contribution in [1.29, 1.82) is 0 Å². The highest BCUT2D eigenvalue weighted by molar-refractivity contribution is 7.80. The summed E-state index contributed by atoms with van der Waals surface area (Å²) in [6.07, 6.45) is 15.2. The normalized spacial score (nSPS) is 31.7. The van der Waals surface area contributed by atoms with E-state index in [1.807, 2.05) is 0 Å². The number of thiophene rings is 1. The summed E-state index contributed by atoms with van der Waals surface area (Å²) in [5, 5.41) is 8.76. The first-order valence-electron chi connectivity index (χ1n) is 12.3. The summed E-state index contributed by atoms with van der Waals surface area (Å²) < 4.78 is 5.13. The first-order chi connectivity index (χ1) is 15.0. The number of methoxy groups -OCH3 is 1. The van der Waals surface area contributed by atoms with Crippen LogP contribution in [0.15, 0.2) is 0 Å². The van der Waals surface area contributed by atoms with E-state index in [1.54, 1.807) is 11.3 Å². The van der Waals surface area contributed by atoms with Crippen molar-refractivity contribution < 1.29 is 9.53 Å². The maximum absolute atomic E-state index is 12.6. The van der Waals surface area contributed by atoms with Gasteiger partial charge in [-0.15, -0.1) is 11.3 Å². The fourth-order valence-corrected chi connectivity index (χ4v) is 9.28. The van der Waals surface area contributed by atoms with Gasteiger partial charge in [-0.25, -0.2) is 4.79 Å². The molecule has 4 nitrogen and oxygen atoms in total. The molecule has 0 radical (unpaired) electrons. The monoisotopic (exact) mass is 460 g/mol. The highest BCUT2D eigenvalue weighted by Crippen LogP contribution is 2.61. The molecule has 5 aliphatic carbocycles. The number of fused-ring (bicyclic) bond motifs is 1.